The SMILES string of the molecule is C[C@H](CCN1CCOCC1)NC(=O)[C@H]1C[C@H]1c1cccc(F)c1F. The Morgan fingerprint density at radius 3 is 2.88 bits per heavy atom. The first-order valence-electron chi connectivity index (χ1n) is 8.60. The molecule has 4 nitrogen and oxygen atoms in total. The fourth-order valence-electron chi connectivity index (χ4n) is 3.26. The molecule has 2 aliphatic rings. The molecule has 24 heavy (non-hydrogen) atoms. The van der Waals surface area contributed by atoms with Gasteiger partial charge in [0.25, 0.3) is 0 Å². The Kier molecular flexibility index (Phi) is 5.46. The van der Waals surface area contributed by atoms with Crippen LogP contribution in [0.4, 0.5) is 8.78 Å². The molecule has 1 N–H and O–H groups in total. The van der Waals surface area contributed by atoms with Crippen molar-refractivity contribution in [2.75, 3.05) is 32.8 Å². The van der Waals surface area contributed by atoms with Crippen molar-refractivity contribution in [1.82, 2.24) is 10.2 Å². The van der Waals surface area contributed by atoms with E-state index in [0.29, 0.717) is 12.0 Å². The molecule has 0 aromatic heterocycles. The Labute approximate surface area is 141 Å². The molecule has 1 aromatic carbocycles. The van der Waals surface area contributed by atoms with Gasteiger partial charge in [0.15, 0.2) is 11.6 Å². The van der Waals surface area contributed by atoms with Crippen molar-refractivity contribution in [1.29, 1.82) is 0 Å². The highest BCUT2D eigenvalue weighted by molar-refractivity contribution is 5.83. The number of amides is 1. The molecular weight excluding hydrogens is 314 g/mol. The minimum Gasteiger partial charge on any atom is -0.379 e. The molecule has 0 unspecified atom stereocenters. The lowest BCUT2D eigenvalue weighted by Crippen LogP contribution is -2.41. The average molecular weight is 338 g/mol. The van der Waals surface area contributed by atoms with E-state index in [1.54, 1.807) is 6.07 Å². The Morgan fingerprint density at radius 1 is 1.38 bits per heavy atom. The van der Waals surface area contributed by atoms with Gasteiger partial charge in [0.1, 0.15) is 0 Å². The summed E-state index contributed by atoms with van der Waals surface area (Å²) in [6, 6.07) is 4.23. The molecule has 2 fully saturated rings. The lowest BCUT2D eigenvalue weighted by atomic mass is 10.1. The van der Waals surface area contributed by atoms with Crippen molar-refractivity contribution in [2.24, 2.45) is 5.92 Å². The number of nitrogens with one attached hydrogen (secondary N) is 1. The van der Waals surface area contributed by atoms with Gasteiger partial charge in [0.05, 0.1) is 13.2 Å². The summed E-state index contributed by atoms with van der Waals surface area (Å²) >= 11 is 0. The molecule has 1 aromatic rings. The molecule has 1 amide bonds. The summed E-state index contributed by atoms with van der Waals surface area (Å²) in [7, 11) is 0. The van der Waals surface area contributed by atoms with Gasteiger partial charge >= 0.3 is 0 Å². The molecule has 1 aliphatic carbocycles. The number of ether oxygens (including phenoxy) is 1. The lowest BCUT2D eigenvalue weighted by Gasteiger charge is -2.27. The van der Waals surface area contributed by atoms with Crippen molar-refractivity contribution in [3.05, 3.63) is 35.4 Å². The fourth-order valence-corrected chi connectivity index (χ4v) is 3.26. The number of carbonyl (C=O) groups is 1. The number of halogens is 2. The summed E-state index contributed by atoms with van der Waals surface area (Å²) in [6.45, 7) is 6.32. The average Bonchev–Trinajstić information content (AvgIpc) is 3.37. The first-order valence-corrected chi connectivity index (χ1v) is 8.60. The molecule has 1 saturated heterocycles. The molecular formula is C18H24F2N2O2. The number of rotatable bonds is 6. The van der Waals surface area contributed by atoms with Crippen LogP contribution in [0, 0.1) is 17.6 Å². The number of hydrogen-bond donors (Lipinski definition) is 1. The highest BCUT2D eigenvalue weighted by Gasteiger charge is 2.45. The standard InChI is InChI=1S/C18H24F2N2O2/c1-12(5-6-22-7-9-24-10-8-22)21-18(23)15-11-14(15)13-3-2-4-16(19)17(13)20/h2-4,12,14-15H,5-11H2,1H3,(H,21,23)/t12-,14+,15+/m1/s1. The highest BCUT2D eigenvalue weighted by atomic mass is 19.2. The molecule has 1 aliphatic heterocycles. The van der Waals surface area contributed by atoms with Crippen molar-refractivity contribution in [3.8, 4) is 0 Å². The van der Waals surface area contributed by atoms with Gasteiger partial charge in [0.2, 0.25) is 5.91 Å². The van der Waals surface area contributed by atoms with Crippen LogP contribution in [0.1, 0.15) is 31.2 Å². The zero-order valence-electron chi connectivity index (χ0n) is 13.9. The molecule has 3 atom stereocenters. The predicted molar refractivity (Wildman–Crippen MR) is 86.7 cm³/mol. The zero-order chi connectivity index (χ0) is 17.1. The summed E-state index contributed by atoms with van der Waals surface area (Å²) in [5.41, 5.74) is 0.316. The van der Waals surface area contributed by atoms with E-state index in [4.69, 9.17) is 4.74 Å². The van der Waals surface area contributed by atoms with E-state index in [-0.39, 0.29) is 23.8 Å². The van der Waals surface area contributed by atoms with E-state index in [0.717, 1.165) is 45.3 Å². The maximum atomic E-state index is 13.8. The zero-order valence-corrected chi connectivity index (χ0v) is 13.9. The van der Waals surface area contributed by atoms with Gasteiger partial charge in [0, 0.05) is 31.6 Å². The summed E-state index contributed by atoms with van der Waals surface area (Å²) in [4.78, 5) is 14.6. The third-order valence-electron chi connectivity index (χ3n) is 4.88. The van der Waals surface area contributed by atoms with Gasteiger partial charge in [-0.3, -0.25) is 9.69 Å². The Balaban J connectivity index is 1.45. The van der Waals surface area contributed by atoms with E-state index in [1.165, 1.54) is 6.07 Å². The van der Waals surface area contributed by atoms with E-state index in [1.807, 2.05) is 6.92 Å². The molecule has 132 valence electrons. The smallest absolute Gasteiger partial charge is 0.223 e. The molecule has 6 heteroatoms. The Bertz CT molecular complexity index is 590. The monoisotopic (exact) mass is 338 g/mol. The van der Waals surface area contributed by atoms with Gasteiger partial charge < -0.3 is 10.1 Å². The van der Waals surface area contributed by atoms with Crippen LogP contribution in [0.25, 0.3) is 0 Å². The maximum absolute atomic E-state index is 13.8. The van der Waals surface area contributed by atoms with Crippen LogP contribution in [0.5, 0.6) is 0 Å². The van der Waals surface area contributed by atoms with Crippen LogP contribution < -0.4 is 5.32 Å². The molecule has 0 spiro atoms. The van der Waals surface area contributed by atoms with E-state index < -0.39 is 11.6 Å². The topological polar surface area (TPSA) is 41.6 Å². The Hall–Kier alpha value is -1.53. The third-order valence-corrected chi connectivity index (χ3v) is 4.88. The van der Waals surface area contributed by atoms with Crippen LogP contribution in [-0.2, 0) is 9.53 Å². The quantitative estimate of drug-likeness (QED) is 0.865. The van der Waals surface area contributed by atoms with E-state index in [2.05, 4.69) is 10.2 Å². The van der Waals surface area contributed by atoms with Crippen molar-refractivity contribution >= 4 is 5.91 Å². The summed E-state index contributed by atoms with van der Waals surface area (Å²) < 4.78 is 32.4. The van der Waals surface area contributed by atoms with Gasteiger partial charge in [-0.05, 0) is 37.3 Å². The largest absolute Gasteiger partial charge is 0.379 e. The second kappa shape index (κ2) is 7.57. The highest BCUT2D eigenvalue weighted by Crippen LogP contribution is 2.48. The van der Waals surface area contributed by atoms with Crippen LogP contribution in [0.3, 0.4) is 0 Å². The molecule has 0 bridgehead atoms. The maximum Gasteiger partial charge on any atom is 0.223 e. The van der Waals surface area contributed by atoms with Gasteiger partial charge in [-0.1, -0.05) is 12.1 Å². The van der Waals surface area contributed by atoms with E-state index in [9.17, 15) is 13.6 Å². The Morgan fingerprint density at radius 2 is 2.12 bits per heavy atom. The number of morpholine rings is 1. The normalized spacial score (nSPS) is 25.3. The number of benzene rings is 1. The minimum absolute atomic E-state index is 0.0573. The van der Waals surface area contributed by atoms with E-state index >= 15 is 0 Å². The van der Waals surface area contributed by atoms with Gasteiger partial charge in [-0.15, -0.1) is 0 Å². The second-order valence-electron chi connectivity index (χ2n) is 6.74. The lowest BCUT2D eigenvalue weighted by molar-refractivity contribution is -0.123. The van der Waals surface area contributed by atoms with Crippen LogP contribution in [-0.4, -0.2) is 49.7 Å². The van der Waals surface area contributed by atoms with Crippen molar-refractivity contribution < 1.29 is 18.3 Å². The summed E-state index contributed by atoms with van der Waals surface area (Å²) in [6.07, 6.45) is 1.46. The summed E-state index contributed by atoms with van der Waals surface area (Å²) in [5.74, 6) is -2.17. The van der Waals surface area contributed by atoms with Gasteiger partial charge in [-0.25, -0.2) is 8.78 Å². The van der Waals surface area contributed by atoms with Crippen molar-refractivity contribution in [3.63, 3.8) is 0 Å². The van der Waals surface area contributed by atoms with Gasteiger partial charge in [-0.2, -0.15) is 0 Å². The summed E-state index contributed by atoms with van der Waals surface area (Å²) in [5, 5.41) is 3.00. The second-order valence-corrected chi connectivity index (χ2v) is 6.74. The third kappa shape index (κ3) is 4.11. The first kappa shape index (κ1) is 17.3. The first-order chi connectivity index (χ1) is 11.6. The molecule has 3 rings (SSSR count). The number of nitrogens with zero attached hydrogens (tertiary/aromatic N) is 1. The number of hydrogen-bond acceptors (Lipinski definition) is 3. The molecule has 1 saturated carbocycles. The minimum atomic E-state index is -0.850. The molecule has 1 heterocycles. The number of carbonyl (C=O) groups excluding carboxylic acids is 1. The van der Waals surface area contributed by atoms with Crippen LogP contribution in [0.15, 0.2) is 18.2 Å². The van der Waals surface area contributed by atoms with Crippen LogP contribution >= 0.6 is 0 Å². The van der Waals surface area contributed by atoms with Crippen molar-refractivity contribution in [2.45, 2.75) is 31.7 Å². The predicted octanol–water partition coefficient (Wildman–Crippen LogP) is 2.30. The van der Waals surface area contributed by atoms with Crippen LogP contribution in [0.2, 0.25) is 0 Å². The fraction of sp³-hybridized carbons (Fsp3) is 0.611. The molecule has 0 radical (unpaired) electrons.